The second kappa shape index (κ2) is 6.33. The molecule has 20 heavy (non-hydrogen) atoms. The lowest BCUT2D eigenvalue weighted by molar-refractivity contribution is -0.0571. The first-order chi connectivity index (χ1) is 9.19. The highest BCUT2D eigenvalue weighted by Gasteiger charge is 2.40. The van der Waals surface area contributed by atoms with Gasteiger partial charge in [0.05, 0.1) is 12.6 Å². The minimum Gasteiger partial charge on any atom is -0.485 e. The predicted octanol–water partition coefficient (Wildman–Crippen LogP) is 1.61. The van der Waals surface area contributed by atoms with Crippen LogP contribution in [0.1, 0.15) is 25.5 Å². The molecule has 1 aliphatic heterocycles. The van der Waals surface area contributed by atoms with E-state index < -0.39 is 28.8 Å². The van der Waals surface area contributed by atoms with Crippen LogP contribution in [-0.4, -0.2) is 31.8 Å². The number of rotatable bonds is 0. The lowest BCUT2D eigenvalue weighted by Crippen LogP contribution is -2.51. The quantitative estimate of drug-likeness (QED) is 0.499. The topological polar surface area (TPSA) is 97.1 Å². The van der Waals surface area contributed by atoms with E-state index in [4.69, 9.17) is 25.8 Å². The van der Waals surface area contributed by atoms with E-state index in [0.29, 0.717) is 17.0 Å². The molecule has 110 valence electrons. The Balaban J connectivity index is 0.000000444. The zero-order valence-electron chi connectivity index (χ0n) is 11.5. The molecule has 0 saturated carbocycles. The van der Waals surface area contributed by atoms with Gasteiger partial charge >= 0.3 is 0 Å². The fourth-order valence-corrected chi connectivity index (χ4v) is 1.91. The van der Waals surface area contributed by atoms with Crippen LogP contribution in [0.3, 0.4) is 0 Å². The van der Waals surface area contributed by atoms with Crippen LogP contribution < -0.4 is 10.5 Å². The van der Waals surface area contributed by atoms with Crippen molar-refractivity contribution < 1.29 is 18.6 Å². The van der Waals surface area contributed by atoms with Gasteiger partial charge in [-0.25, -0.2) is 9.05 Å². The van der Waals surface area contributed by atoms with Crippen LogP contribution >= 0.6 is 0 Å². The Morgan fingerprint density at radius 1 is 1.50 bits per heavy atom. The molecule has 6 nitrogen and oxygen atoms in total. The second-order valence-electron chi connectivity index (χ2n) is 4.93. The number of nitrogens with zero attached hydrogens (tertiary/aromatic N) is 1. The molecule has 1 heterocycles. The van der Waals surface area contributed by atoms with Gasteiger partial charge < -0.3 is 20.1 Å². The summed E-state index contributed by atoms with van der Waals surface area (Å²) in [5.74, 6) is 0.648. The van der Waals surface area contributed by atoms with Crippen molar-refractivity contribution in [2.75, 3.05) is 6.26 Å². The molecule has 0 saturated heterocycles. The van der Waals surface area contributed by atoms with Crippen molar-refractivity contribution in [3.05, 3.63) is 35.2 Å². The Hall–Kier alpha value is -1.46. The molecule has 0 aliphatic carbocycles. The minimum atomic E-state index is -1.61. The first kappa shape index (κ1) is 16.6. The molecule has 0 bridgehead atoms. The van der Waals surface area contributed by atoms with Crippen molar-refractivity contribution in [1.82, 2.24) is 0 Å². The minimum absolute atomic E-state index is 0.504. The van der Waals surface area contributed by atoms with E-state index in [2.05, 4.69) is 4.85 Å². The fourth-order valence-electron chi connectivity index (χ4n) is 1.91. The third-order valence-electron chi connectivity index (χ3n) is 2.91. The summed E-state index contributed by atoms with van der Waals surface area (Å²) < 4.78 is 22.3. The highest BCUT2D eigenvalue weighted by atomic mass is 32.2. The molecule has 2 rings (SSSR count). The van der Waals surface area contributed by atoms with E-state index in [1.165, 1.54) is 6.26 Å². The molecule has 1 aromatic carbocycles. The first-order valence-corrected chi connectivity index (χ1v) is 7.37. The molecular weight excluding hydrogens is 280 g/mol. The van der Waals surface area contributed by atoms with Crippen molar-refractivity contribution >= 4 is 16.8 Å². The third-order valence-corrected chi connectivity index (χ3v) is 2.91. The second-order valence-corrected chi connectivity index (χ2v) is 5.78. The summed E-state index contributed by atoms with van der Waals surface area (Å²) in [6.45, 7) is 10.5. The summed E-state index contributed by atoms with van der Waals surface area (Å²) in [4.78, 5) is 3.33. The first-order valence-electron chi connectivity index (χ1n) is 5.85. The third kappa shape index (κ3) is 3.77. The van der Waals surface area contributed by atoms with E-state index in [1.54, 1.807) is 32.0 Å². The number of nitrogens with two attached hydrogens (primary N) is 1. The lowest BCUT2D eigenvalue weighted by Gasteiger charge is -2.40. The number of benzene rings is 1. The van der Waals surface area contributed by atoms with Crippen LogP contribution in [0.2, 0.25) is 0 Å². The highest BCUT2D eigenvalue weighted by molar-refractivity contribution is 7.78. The lowest BCUT2D eigenvalue weighted by atomic mass is 9.87. The van der Waals surface area contributed by atoms with Gasteiger partial charge in [-0.3, -0.25) is 0 Å². The van der Waals surface area contributed by atoms with Gasteiger partial charge in [0.1, 0.15) is 28.5 Å². The largest absolute Gasteiger partial charge is 0.485 e. The molecule has 0 radical (unpaired) electrons. The maximum atomic E-state index is 9.99. The van der Waals surface area contributed by atoms with Crippen LogP contribution in [0.4, 0.5) is 5.69 Å². The Morgan fingerprint density at radius 3 is 2.55 bits per heavy atom. The van der Waals surface area contributed by atoms with Gasteiger partial charge in [0, 0.05) is 11.8 Å². The monoisotopic (exact) mass is 298 g/mol. The smallest absolute Gasteiger partial charge is 0.187 e. The summed E-state index contributed by atoms with van der Waals surface area (Å²) in [7, 11) is 0. The molecule has 0 spiro atoms. The molecule has 1 aromatic rings. The molecule has 1 unspecified atom stereocenters. The summed E-state index contributed by atoms with van der Waals surface area (Å²) in [6.07, 6.45) is 0.418. The molecule has 0 fully saturated rings. The standard InChI is InChI=1S/C12H14N2O2.CH4O2S/c1-12(2)11(15)10(13)8-6-7(14-3)4-5-9(8)16-12;1-4(2)3/h4-6,10-11,15H,13H2,1-2H3;1H3,(H,2,3)/t10-,11+;/m1./s1. The van der Waals surface area contributed by atoms with E-state index in [1.807, 2.05) is 0 Å². The Bertz CT molecular complexity index is 550. The van der Waals surface area contributed by atoms with Crippen LogP contribution in [0, 0.1) is 6.57 Å². The van der Waals surface area contributed by atoms with Crippen LogP contribution in [0.15, 0.2) is 18.2 Å². The van der Waals surface area contributed by atoms with Crippen molar-refractivity contribution in [3.63, 3.8) is 0 Å². The number of aliphatic hydroxyl groups excluding tert-OH is 1. The number of ether oxygens (including phenoxy) is 1. The summed E-state index contributed by atoms with van der Waals surface area (Å²) in [5.41, 5.74) is 6.45. The van der Waals surface area contributed by atoms with E-state index in [9.17, 15) is 5.11 Å². The number of aliphatic hydroxyl groups is 1. The van der Waals surface area contributed by atoms with Gasteiger partial charge in [-0.05, 0) is 26.0 Å². The summed E-state index contributed by atoms with van der Waals surface area (Å²) >= 11 is -1.61. The van der Waals surface area contributed by atoms with Gasteiger partial charge in [0.25, 0.3) is 0 Å². The Labute approximate surface area is 120 Å². The van der Waals surface area contributed by atoms with Crippen molar-refractivity contribution in [3.8, 4) is 5.75 Å². The van der Waals surface area contributed by atoms with E-state index in [0.717, 1.165) is 0 Å². The number of hydrogen-bond donors (Lipinski definition) is 3. The van der Waals surface area contributed by atoms with Gasteiger partial charge in [0.2, 0.25) is 0 Å². The van der Waals surface area contributed by atoms with Crippen molar-refractivity contribution in [1.29, 1.82) is 0 Å². The normalized spacial score (nSPS) is 24.2. The average molecular weight is 298 g/mol. The summed E-state index contributed by atoms with van der Waals surface area (Å²) in [5, 5.41) is 9.99. The van der Waals surface area contributed by atoms with Crippen LogP contribution in [0.25, 0.3) is 4.85 Å². The average Bonchev–Trinajstić information content (AvgIpc) is 2.35. The van der Waals surface area contributed by atoms with Crippen LogP contribution in [-0.2, 0) is 11.1 Å². The SMILES string of the molecule is CS(=O)O.[C-]#[N+]c1ccc2c(c1)[C@@H](N)[C@H](O)C(C)(C)O2. The number of hydrogen-bond acceptors (Lipinski definition) is 4. The molecule has 0 amide bonds. The molecule has 3 atom stereocenters. The molecular formula is C13H18N2O4S. The fraction of sp³-hybridized carbons (Fsp3) is 0.462. The molecule has 7 heteroatoms. The van der Waals surface area contributed by atoms with E-state index in [-0.39, 0.29) is 0 Å². The van der Waals surface area contributed by atoms with Gasteiger partial charge in [0.15, 0.2) is 5.69 Å². The molecule has 4 N–H and O–H groups in total. The maximum absolute atomic E-state index is 9.99. The van der Waals surface area contributed by atoms with Gasteiger partial charge in [-0.1, -0.05) is 6.07 Å². The zero-order chi connectivity index (χ0) is 15.5. The van der Waals surface area contributed by atoms with Crippen molar-refractivity contribution in [2.24, 2.45) is 5.73 Å². The Morgan fingerprint density at radius 2 is 2.05 bits per heavy atom. The Kier molecular flexibility index (Phi) is 5.25. The summed E-state index contributed by atoms with van der Waals surface area (Å²) in [6, 6.07) is 4.58. The zero-order valence-corrected chi connectivity index (χ0v) is 12.3. The molecule has 0 aromatic heterocycles. The maximum Gasteiger partial charge on any atom is 0.187 e. The van der Waals surface area contributed by atoms with Crippen LogP contribution in [0.5, 0.6) is 5.75 Å². The molecule has 1 aliphatic rings. The van der Waals surface area contributed by atoms with Gasteiger partial charge in [-0.2, -0.15) is 0 Å². The number of fused-ring (bicyclic) bond motifs is 1. The van der Waals surface area contributed by atoms with E-state index >= 15 is 0 Å². The van der Waals surface area contributed by atoms with Crippen molar-refractivity contribution in [2.45, 2.75) is 31.6 Å². The van der Waals surface area contributed by atoms with Gasteiger partial charge in [-0.15, -0.1) is 0 Å². The predicted molar refractivity (Wildman–Crippen MR) is 77.0 cm³/mol. The highest BCUT2D eigenvalue weighted by Crippen LogP contribution is 2.40.